The lowest BCUT2D eigenvalue weighted by Gasteiger charge is -2.12. The second-order valence-corrected chi connectivity index (χ2v) is 6.35. The van der Waals surface area contributed by atoms with Crippen LogP contribution in [-0.4, -0.2) is 11.1 Å². The van der Waals surface area contributed by atoms with Gasteiger partial charge in [-0.2, -0.15) is 0 Å². The van der Waals surface area contributed by atoms with E-state index in [0.717, 1.165) is 16.9 Å². The number of carboxylic acids is 1. The molecule has 3 heteroatoms. The van der Waals surface area contributed by atoms with E-state index in [1.807, 2.05) is 36.4 Å². The Hall–Kier alpha value is -3.07. The van der Waals surface area contributed by atoms with Crippen molar-refractivity contribution in [3.05, 3.63) is 89.5 Å². The molecule has 3 aromatic carbocycles. The van der Waals surface area contributed by atoms with E-state index in [1.54, 1.807) is 0 Å². The minimum Gasteiger partial charge on any atom is -0.489 e. The van der Waals surface area contributed by atoms with Gasteiger partial charge in [-0.15, -0.1) is 0 Å². The topological polar surface area (TPSA) is 46.5 Å². The highest BCUT2D eigenvalue weighted by atomic mass is 16.5. The molecule has 0 aliphatic heterocycles. The fourth-order valence-electron chi connectivity index (χ4n) is 2.83. The van der Waals surface area contributed by atoms with Crippen LogP contribution in [0.5, 0.6) is 5.75 Å². The summed E-state index contributed by atoms with van der Waals surface area (Å²) in [6, 6.07) is 24.4. The van der Waals surface area contributed by atoms with Gasteiger partial charge in [0.2, 0.25) is 0 Å². The fraction of sp³-hybridized carbons (Fsp3) is 0.174. The van der Waals surface area contributed by atoms with Crippen LogP contribution in [-0.2, 0) is 17.8 Å². The Bertz CT molecular complexity index is 865. The molecule has 0 atom stereocenters. The zero-order valence-electron chi connectivity index (χ0n) is 14.8. The van der Waals surface area contributed by atoms with E-state index in [0.29, 0.717) is 13.0 Å². The maximum absolute atomic E-state index is 10.6. The minimum absolute atomic E-state index is 0.143. The second-order valence-electron chi connectivity index (χ2n) is 6.35. The Kier molecular flexibility index (Phi) is 5.69. The molecule has 0 fully saturated rings. The highest BCUT2D eigenvalue weighted by Crippen LogP contribution is 2.25. The van der Waals surface area contributed by atoms with Crippen LogP contribution >= 0.6 is 0 Å². The number of rotatable bonds is 7. The summed E-state index contributed by atoms with van der Waals surface area (Å²) in [5, 5.41) is 8.75. The van der Waals surface area contributed by atoms with E-state index in [9.17, 15) is 4.79 Å². The smallest absolute Gasteiger partial charge is 0.303 e. The predicted molar refractivity (Wildman–Crippen MR) is 103 cm³/mol. The highest BCUT2D eigenvalue weighted by Gasteiger charge is 2.06. The van der Waals surface area contributed by atoms with Crippen LogP contribution in [0.1, 0.15) is 23.1 Å². The van der Waals surface area contributed by atoms with Crippen LogP contribution in [0.3, 0.4) is 0 Å². The van der Waals surface area contributed by atoms with E-state index < -0.39 is 5.97 Å². The summed E-state index contributed by atoms with van der Waals surface area (Å²) in [5.41, 5.74) is 5.72. The summed E-state index contributed by atoms with van der Waals surface area (Å²) in [7, 11) is 0. The molecule has 0 amide bonds. The molecule has 0 saturated heterocycles. The first kappa shape index (κ1) is 17.7. The van der Waals surface area contributed by atoms with Gasteiger partial charge in [0.05, 0.1) is 0 Å². The Morgan fingerprint density at radius 2 is 1.62 bits per heavy atom. The molecule has 3 rings (SSSR count). The van der Waals surface area contributed by atoms with Gasteiger partial charge in [-0.05, 0) is 47.7 Å². The first-order valence-corrected chi connectivity index (χ1v) is 8.70. The van der Waals surface area contributed by atoms with Crippen molar-refractivity contribution < 1.29 is 14.6 Å². The van der Waals surface area contributed by atoms with Crippen LogP contribution in [0, 0.1) is 6.92 Å². The van der Waals surface area contributed by atoms with Crippen LogP contribution < -0.4 is 4.74 Å². The van der Waals surface area contributed by atoms with Gasteiger partial charge in [0.1, 0.15) is 12.4 Å². The average molecular weight is 346 g/mol. The Morgan fingerprint density at radius 3 is 2.31 bits per heavy atom. The summed E-state index contributed by atoms with van der Waals surface area (Å²) in [4.78, 5) is 10.6. The lowest BCUT2D eigenvalue weighted by atomic mass is 9.99. The molecule has 132 valence electrons. The number of ether oxygens (including phenoxy) is 1. The summed E-state index contributed by atoms with van der Waals surface area (Å²) >= 11 is 0. The summed E-state index contributed by atoms with van der Waals surface area (Å²) in [6.07, 6.45) is 0.677. The van der Waals surface area contributed by atoms with Crippen molar-refractivity contribution in [1.29, 1.82) is 0 Å². The molecule has 0 heterocycles. The van der Waals surface area contributed by atoms with E-state index in [2.05, 4.69) is 43.3 Å². The van der Waals surface area contributed by atoms with Crippen LogP contribution in [0.2, 0.25) is 0 Å². The molecule has 0 unspecified atom stereocenters. The molecule has 0 saturated carbocycles. The number of carbonyl (C=O) groups is 1. The zero-order valence-corrected chi connectivity index (χ0v) is 14.8. The average Bonchev–Trinajstić information content (AvgIpc) is 2.66. The minimum atomic E-state index is -0.780. The van der Waals surface area contributed by atoms with Crippen molar-refractivity contribution in [2.24, 2.45) is 0 Å². The molecule has 0 radical (unpaired) electrons. The quantitative estimate of drug-likeness (QED) is 0.635. The molecule has 0 aliphatic rings. The molecule has 0 spiro atoms. The van der Waals surface area contributed by atoms with Gasteiger partial charge in [-0.3, -0.25) is 4.79 Å². The molecular formula is C23H22O3. The highest BCUT2D eigenvalue weighted by molar-refractivity contribution is 5.67. The van der Waals surface area contributed by atoms with Crippen LogP contribution in [0.4, 0.5) is 0 Å². The van der Waals surface area contributed by atoms with Gasteiger partial charge in [0.25, 0.3) is 0 Å². The second kappa shape index (κ2) is 8.34. The van der Waals surface area contributed by atoms with Crippen molar-refractivity contribution in [2.75, 3.05) is 0 Å². The van der Waals surface area contributed by atoms with Gasteiger partial charge in [0, 0.05) is 6.42 Å². The van der Waals surface area contributed by atoms with E-state index in [-0.39, 0.29) is 6.42 Å². The lowest BCUT2D eigenvalue weighted by Crippen LogP contribution is -1.99. The third-order valence-corrected chi connectivity index (χ3v) is 4.33. The van der Waals surface area contributed by atoms with E-state index >= 15 is 0 Å². The zero-order chi connectivity index (χ0) is 18.4. The summed E-state index contributed by atoms with van der Waals surface area (Å²) in [5.74, 6) is 0.000762. The molecular weight excluding hydrogens is 324 g/mol. The maximum atomic E-state index is 10.6. The van der Waals surface area contributed by atoms with Crippen molar-refractivity contribution in [3.8, 4) is 16.9 Å². The molecule has 3 nitrogen and oxygen atoms in total. The van der Waals surface area contributed by atoms with Crippen molar-refractivity contribution in [3.63, 3.8) is 0 Å². The largest absolute Gasteiger partial charge is 0.489 e. The third kappa shape index (κ3) is 4.73. The maximum Gasteiger partial charge on any atom is 0.303 e. The normalized spacial score (nSPS) is 10.5. The molecule has 0 bridgehead atoms. The number of carboxylic acid groups (broad SMARTS) is 1. The molecule has 1 N–H and O–H groups in total. The van der Waals surface area contributed by atoms with Crippen molar-refractivity contribution >= 4 is 5.97 Å². The predicted octanol–water partition coefficient (Wildman–Crippen LogP) is 5.26. The molecule has 3 aromatic rings. The van der Waals surface area contributed by atoms with Crippen LogP contribution in [0.25, 0.3) is 11.1 Å². The van der Waals surface area contributed by atoms with Crippen LogP contribution in [0.15, 0.2) is 72.8 Å². The van der Waals surface area contributed by atoms with Crippen molar-refractivity contribution in [2.45, 2.75) is 26.4 Å². The summed E-state index contributed by atoms with van der Waals surface area (Å²) < 4.78 is 5.94. The van der Waals surface area contributed by atoms with Gasteiger partial charge in [-0.25, -0.2) is 0 Å². The van der Waals surface area contributed by atoms with Crippen molar-refractivity contribution in [1.82, 2.24) is 0 Å². The first-order chi connectivity index (χ1) is 12.6. The number of hydrogen-bond donors (Lipinski definition) is 1. The summed E-state index contributed by atoms with van der Waals surface area (Å²) in [6.45, 7) is 2.57. The monoisotopic (exact) mass is 346 g/mol. The van der Waals surface area contributed by atoms with Gasteiger partial charge < -0.3 is 9.84 Å². The molecule has 0 aliphatic carbocycles. The Morgan fingerprint density at radius 1 is 0.923 bits per heavy atom. The number of aryl methyl sites for hydroxylation is 2. The Labute approximate surface area is 153 Å². The van der Waals surface area contributed by atoms with E-state index in [1.165, 1.54) is 16.7 Å². The molecule has 26 heavy (non-hydrogen) atoms. The first-order valence-electron chi connectivity index (χ1n) is 8.70. The van der Waals surface area contributed by atoms with Gasteiger partial charge in [0.15, 0.2) is 0 Å². The Balaban J connectivity index is 1.68. The lowest BCUT2D eigenvalue weighted by molar-refractivity contribution is -0.136. The number of benzene rings is 3. The molecule has 0 aromatic heterocycles. The number of hydrogen-bond acceptors (Lipinski definition) is 2. The van der Waals surface area contributed by atoms with E-state index in [4.69, 9.17) is 9.84 Å². The van der Waals surface area contributed by atoms with Gasteiger partial charge in [-0.1, -0.05) is 66.2 Å². The fourth-order valence-corrected chi connectivity index (χ4v) is 2.83. The third-order valence-electron chi connectivity index (χ3n) is 4.33. The van der Waals surface area contributed by atoms with Gasteiger partial charge >= 0.3 is 5.97 Å². The standard InChI is InChI=1S/C23H22O3/c1-17-6-11-19(12-7-17)22-5-3-2-4-20(22)16-26-21-13-8-18(9-14-21)10-15-23(24)25/h2-9,11-14H,10,15-16H2,1H3,(H,24,25). The SMILES string of the molecule is Cc1ccc(-c2ccccc2COc2ccc(CCC(=O)O)cc2)cc1. The number of aliphatic carboxylic acids is 1.